The van der Waals surface area contributed by atoms with Gasteiger partial charge in [0.1, 0.15) is 5.75 Å². The molecule has 1 heterocycles. The van der Waals surface area contributed by atoms with Gasteiger partial charge in [0.2, 0.25) is 0 Å². The first kappa shape index (κ1) is 11.4. The molecule has 1 aliphatic rings. The molecule has 0 bridgehead atoms. The number of alkyl halides is 1. The molecule has 4 nitrogen and oxygen atoms in total. The van der Waals surface area contributed by atoms with Crippen LogP contribution in [0.4, 0.5) is 5.69 Å². The number of fused-ring (bicyclic) bond motifs is 1. The van der Waals surface area contributed by atoms with Gasteiger partial charge in [0.15, 0.2) is 6.10 Å². The Hall–Kier alpha value is -1.07. The second kappa shape index (κ2) is 4.84. The average molecular weight is 285 g/mol. The molecule has 0 saturated heterocycles. The summed E-state index contributed by atoms with van der Waals surface area (Å²) in [5.74, 6) is 0.632. The Kier molecular flexibility index (Phi) is 3.46. The minimum absolute atomic E-state index is 0.0990. The summed E-state index contributed by atoms with van der Waals surface area (Å²) in [6.07, 6.45) is -0.418. The summed E-state index contributed by atoms with van der Waals surface area (Å²) in [6.45, 7) is 2.49. The van der Waals surface area contributed by atoms with Gasteiger partial charge in [-0.05, 0) is 24.6 Å². The van der Waals surface area contributed by atoms with Crippen molar-refractivity contribution >= 4 is 27.5 Å². The zero-order chi connectivity index (χ0) is 11.5. The lowest BCUT2D eigenvalue weighted by Gasteiger charge is -2.23. The van der Waals surface area contributed by atoms with Crippen molar-refractivity contribution in [3.63, 3.8) is 0 Å². The first-order valence-electron chi connectivity index (χ1n) is 5.08. The zero-order valence-electron chi connectivity index (χ0n) is 8.92. The van der Waals surface area contributed by atoms with E-state index in [1.807, 2.05) is 18.2 Å². The smallest absolute Gasteiger partial charge is 0.265 e. The molecular formula is C11H13BrN2O2. The Labute approximate surface area is 102 Å². The third kappa shape index (κ3) is 2.36. The van der Waals surface area contributed by atoms with Crippen LogP contribution < -0.4 is 15.4 Å². The van der Waals surface area contributed by atoms with E-state index in [2.05, 4.69) is 26.6 Å². The lowest BCUT2D eigenvalue weighted by atomic mass is 10.1. The minimum atomic E-state index is -0.418. The predicted molar refractivity (Wildman–Crippen MR) is 65.8 cm³/mol. The van der Waals surface area contributed by atoms with Crippen LogP contribution in [0.3, 0.4) is 0 Å². The van der Waals surface area contributed by atoms with Gasteiger partial charge in [-0.1, -0.05) is 22.0 Å². The van der Waals surface area contributed by atoms with Crippen LogP contribution in [0.2, 0.25) is 0 Å². The second-order valence-corrected chi connectivity index (χ2v) is 4.20. The number of ether oxygens (including phenoxy) is 1. The van der Waals surface area contributed by atoms with Crippen molar-refractivity contribution < 1.29 is 9.53 Å². The highest BCUT2D eigenvalue weighted by molar-refractivity contribution is 9.09. The van der Waals surface area contributed by atoms with Gasteiger partial charge < -0.3 is 15.4 Å². The third-order valence-electron chi connectivity index (χ3n) is 2.40. The fourth-order valence-corrected chi connectivity index (χ4v) is 1.76. The molecule has 1 atom stereocenters. The molecule has 1 amide bonds. The van der Waals surface area contributed by atoms with Gasteiger partial charge in [0.25, 0.3) is 5.91 Å². The highest BCUT2D eigenvalue weighted by Crippen LogP contribution is 2.30. The first-order valence-corrected chi connectivity index (χ1v) is 6.20. The van der Waals surface area contributed by atoms with Crippen molar-refractivity contribution in [3.05, 3.63) is 23.8 Å². The maximum Gasteiger partial charge on any atom is 0.265 e. The maximum absolute atomic E-state index is 11.4. The van der Waals surface area contributed by atoms with Crippen LogP contribution in [0.1, 0.15) is 12.5 Å². The number of hydrogen-bond acceptors (Lipinski definition) is 3. The van der Waals surface area contributed by atoms with E-state index in [0.29, 0.717) is 0 Å². The van der Waals surface area contributed by atoms with E-state index >= 15 is 0 Å². The number of nitrogens with one attached hydrogen (secondary N) is 2. The zero-order valence-corrected chi connectivity index (χ0v) is 10.5. The maximum atomic E-state index is 11.4. The molecule has 0 aromatic heterocycles. The molecule has 1 aromatic rings. The molecule has 5 heteroatoms. The Morgan fingerprint density at radius 2 is 2.38 bits per heavy atom. The molecule has 0 saturated carbocycles. The third-order valence-corrected chi connectivity index (χ3v) is 2.79. The highest BCUT2D eigenvalue weighted by Gasteiger charge is 2.23. The van der Waals surface area contributed by atoms with Gasteiger partial charge in [-0.15, -0.1) is 0 Å². The molecule has 0 spiro atoms. The number of rotatable bonds is 3. The quantitative estimate of drug-likeness (QED) is 0.658. The number of hydrogen-bond donors (Lipinski definition) is 2. The molecule has 1 aliphatic heterocycles. The van der Waals surface area contributed by atoms with E-state index in [0.717, 1.165) is 29.0 Å². The van der Waals surface area contributed by atoms with Crippen molar-refractivity contribution in [2.75, 3.05) is 10.8 Å². The average Bonchev–Trinajstić information content (AvgIpc) is 2.28. The first-order chi connectivity index (χ1) is 7.70. The SMILES string of the molecule is CC1Oc2ccc(CNCBr)cc2NC1=O. The summed E-state index contributed by atoms with van der Waals surface area (Å²) < 4.78 is 5.46. The topological polar surface area (TPSA) is 50.4 Å². The highest BCUT2D eigenvalue weighted by atomic mass is 79.9. The Bertz CT molecular complexity index is 409. The van der Waals surface area contributed by atoms with Crippen molar-refractivity contribution in [1.82, 2.24) is 5.32 Å². The Morgan fingerprint density at radius 3 is 3.12 bits per heavy atom. The summed E-state index contributed by atoms with van der Waals surface area (Å²) in [6, 6.07) is 5.80. The lowest BCUT2D eigenvalue weighted by Crippen LogP contribution is -2.34. The number of carbonyl (C=O) groups is 1. The van der Waals surface area contributed by atoms with Crippen LogP contribution >= 0.6 is 15.9 Å². The summed E-state index contributed by atoms with van der Waals surface area (Å²) in [5.41, 5.74) is 2.60. The molecule has 1 aromatic carbocycles. The number of benzene rings is 1. The molecule has 2 rings (SSSR count). The molecule has 0 aliphatic carbocycles. The monoisotopic (exact) mass is 284 g/mol. The molecule has 1 unspecified atom stereocenters. The summed E-state index contributed by atoms with van der Waals surface area (Å²) in [7, 11) is 0. The van der Waals surface area contributed by atoms with Gasteiger partial charge in [-0.25, -0.2) is 0 Å². The fourth-order valence-electron chi connectivity index (χ4n) is 1.56. The standard InChI is InChI=1S/C11H13BrN2O2/c1-7-11(15)14-9-4-8(5-13-6-12)2-3-10(9)16-7/h2-4,7,13H,5-6H2,1H3,(H,14,15). The van der Waals surface area contributed by atoms with E-state index in [9.17, 15) is 4.79 Å². The van der Waals surface area contributed by atoms with Gasteiger partial charge in [0, 0.05) is 6.54 Å². The second-order valence-electron chi connectivity index (χ2n) is 3.64. The summed E-state index contributed by atoms with van der Waals surface area (Å²) in [5, 5.41) is 5.98. The van der Waals surface area contributed by atoms with Crippen LogP contribution in [0.25, 0.3) is 0 Å². The molecule has 86 valence electrons. The number of carbonyl (C=O) groups excluding carboxylic acids is 1. The largest absolute Gasteiger partial charge is 0.479 e. The molecule has 2 N–H and O–H groups in total. The van der Waals surface area contributed by atoms with E-state index in [1.165, 1.54) is 0 Å². The van der Waals surface area contributed by atoms with Gasteiger partial charge in [-0.2, -0.15) is 0 Å². The van der Waals surface area contributed by atoms with Crippen LogP contribution in [0.5, 0.6) is 5.75 Å². The minimum Gasteiger partial charge on any atom is -0.479 e. The van der Waals surface area contributed by atoms with E-state index in [-0.39, 0.29) is 5.91 Å². The van der Waals surface area contributed by atoms with Crippen molar-refractivity contribution in [2.45, 2.75) is 19.6 Å². The fraction of sp³-hybridized carbons (Fsp3) is 0.364. The Balaban J connectivity index is 2.19. The van der Waals surface area contributed by atoms with Crippen LogP contribution in [0, 0.1) is 0 Å². The van der Waals surface area contributed by atoms with E-state index in [1.54, 1.807) is 6.92 Å². The van der Waals surface area contributed by atoms with Gasteiger partial charge in [-0.3, -0.25) is 4.79 Å². The lowest BCUT2D eigenvalue weighted by molar-refractivity contribution is -0.122. The summed E-state index contributed by atoms with van der Waals surface area (Å²) >= 11 is 3.29. The van der Waals surface area contributed by atoms with Crippen LogP contribution in [-0.2, 0) is 11.3 Å². The van der Waals surface area contributed by atoms with Gasteiger partial charge in [0.05, 0.1) is 11.1 Å². The van der Waals surface area contributed by atoms with Crippen molar-refractivity contribution in [3.8, 4) is 5.75 Å². The molecule has 0 fully saturated rings. The van der Waals surface area contributed by atoms with Crippen LogP contribution in [-0.4, -0.2) is 17.5 Å². The molecule has 16 heavy (non-hydrogen) atoms. The summed E-state index contributed by atoms with van der Waals surface area (Å²) in [4.78, 5) is 11.4. The Morgan fingerprint density at radius 1 is 1.56 bits per heavy atom. The van der Waals surface area contributed by atoms with Crippen molar-refractivity contribution in [1.29, 1.82) is 0 Å². The number of anilines is 1. The normalized spacial score (nSPS) is 18.6. The number of halogens is 1. The van der Waals surface area contributed by atoms with Gasteiger partial charge >= 0.3 is 0 Å². The predicted octanol–water partition coefficient (Wildman–Crippen LogP) is 1.85. The van der Waals surface area contributed by atoms with E-state index in [4.69, 9.17) is 4.74 Å². The number of amides is 1. The van der Waals surface area contributed by atoms with E-state index < -0.39 is 6.10 Å². The molecular weight excluding hydrogens is 272 g/mol. The van der Waals surface area contributed by atoms with Crippen LogP contribution in [0.15, 0.2) is 18.2 Å². The molecule has 0 radical (unpaired) electrons. The van der Waals surface area contributed by atoms with Crippen molar-refractivity contribution in [2.24, 2.45) is 0 Å².